The molecular weight excluding hydrogens is 1270 g/mol. The van der Waals surface area contributed by atoms with Crippen LogP contribution in [0, 0.1) is 24.6 Å². The van der Waals surface area contributed by atoms with Crippen LogP contribution in [0.4, 0.5) is 36.7 Å². The lowest BCUT2D eigenvalue weighted by molar-refractivity contribution is -0.123. The van der Waals surface area contributed by atoms with Gasteiger partial charge in [0.05, 0.1) is 34.4 Å². The number of para-hydroxylation sites is 1. The number of sulfonamides is 3. The molecule has 2 aliphatic rings. The van der Waals surface area contributed by atoms with Crippen LogP contribution in [-0.4, -0.2) is 97.0 Å². The van der Waals surface area contributed by atoms with Gasteiger partial charge in [0.2, 0.25) is 23.6 Å². The first kappa shape index (κ1) is 68.6. The number of aromatic nitrogens is 2. The third-order valence-electron chi connectivity index (χ3n) is 15.3. The number of benzene rings is 6. The average molecular weight is 1350 g/mol. The van der Waals surface area contributed by atoms with E-state index in [9.17, 15) is 58.4 Å². The van der Waals surface area contributed by atoms with E-state index in [1.54, 1.807) is 45.3 Å². The van der Waals surface area contributed by atoms with Gasteiger partial charge in [-0.1, -0.05) is 62.6 Å². The Morgan fingerprint density at radius 1 is 0.620 bits per heavy atom. The minimum atomic E-state index is -4.06. The van der Waals surface area contributed by atoms with Gasteiger partial charge in [-0.2, -0.15) is 0 Å². The fraction of sp³-hybridized carbons (Fsp3) is 0.281. The molecule has 2 aromatic heterocycles. The van der Waals surface area contributed by atoms with E-state index in [-0.39, 0.29) is 65.2 Å². The number of hydrogen-bond donors (Lipinski definition) is 6. The largest absolute Gasteiger partial charge is 0.452 e. The molecule has 1 aliphatic heterocycles. The van der Waals surface area contributed by atoms with Crippen LogP contribution in [0.1, 0.15) is 78.6 Å². The number of aryl methyl sites for hydroxylation is 2. The van der Waals surface area contributed by atoms with Crippen LogP contribution in [0.25, 0.3) is 21.8 Å². The minimum Gasteiger partial charge on any atom is -0.452 e. The number of amides is 6. The van der Waals surface area contributed by atoms with Gasteiger partial charge in [0.15, 0.2) is 0 Å². The second-order valence-electron chi connectivity index (χ2n) is 22.0. The molecule has 0 unspecified atom stereocenters. The zero-order valence-corrected chi connectivity index (χ0v) is 54.1. The van der Waals surface area contributed by atoms with Gasteiger partial charge in [0.1, 0.15) is 24.4 Å². The zero-order chi connectivity index (χ0) is 66.7. The molecule has 498 valence electrons. The molecule has 1 aliphatic carbocycles. The Bertz CT molecular complexity index is 4420. The van der Waals surface area contributed by atoms with Crippen molar-refractivity contribution < 1.29 is 76.4 Å². The third-order valence-corrected chi connectivity index (χ3v) is 19.6. The van der Waals surface area contributed by atoms with Gasteiger partial charge >= 0.3 is 12.2 Å². The third kappa shape index (κ3) is 17.0. The summed E-state index contributed by atoms with van der Waals surface area (Å²) in [6.45, 7) is 8.53. The van der Waals surface area contributed by atoms with Crippen LogP contribution in [0.3, 0.4) is 0 Å². The van der Waals surface area contributed by atoms with Crippen molar-refractivity contribution in [3.8, 4) is 0 Å². The minimum absolute atomic E-state index is 0. The van der Waals surface area contributed by atoms with Crippen LogP contribution in [0.2, 0.25) is 5.02 Å². The van der Waals surface area contributed by atoms with E-state index in [1.165, 1.54) is 78.9 Å². The summed E-state index contributed by atoms with van der Waals surface area (Å²) in [5, 5.41) is 10.5. The lowest BCUT2D eigenvalue weighted by atomic mass is 9.95. The maximum atomic E-state index is 13.9. The first-order valence-corrected chi connectivity index (χ1v) is 33.9. The molecule has 6 aromatic carbocycles. The SMILES string of the molecule is COC(=O)NS(=O)(=O)c1ccc(NC(=O)Cn2cc(C)c3ccccc32)cc1.COC(=O)NS(=O)(=O)c1ccc(NC(=O)[C@@H](C(C)C)N2CCCc3cc(Cl)ccc32)cc1.C[C@H](C(=O)Nc1ccc(S(=O)(=O)NC(=O)C2CCCC2)cc1)n1ccc2c(F)cccc21.[HH].[HH].[HH].[HH].[HH].[HH]. The second-order valence-corrected chi connectivity index (χ2v) is 27.5. The monoisotopic (exact) mass is 1350 g/mol. The number of nitrogens with one attached hydrogen (secondary N) is 6. The second kappa shape index (κ2) is 29.8. The van der Waals surface area contributed by atoms with Crippen molar-refractivity contribution in [1.29, 1.82) is 0 Å². The summed E-state index contributed by atoms with van der Waals surface area (Å²) in [5.41, 5.74) is 6.07. The van der Waals surface area contributed by atoms with Gasteiger partial charge in [-0.25, -0.2) is 53.4 Å². The van der Waals surface area contributed by atoms with E-state index < -0.39 is 60.2 Å². The summed E-state index contributed by atoms with van der Waals surface area (Å²) >= 11 is 6.15. The number of nitrogens with zero attached hydrogens (tertiary/aromatic N) is 3. The van der Waals surface area contributed by atoms with E-state index in [2.05, 4.69) is 35.0 Å². The van der Waals surface area contributed by atoms with E-state index in [1.807, 2.05) is 74.0 Å². The molecule has 10 rings (SSSR count). The zero-order valence-electron chi connectivity index (χ0n) is 50.9. The first-order valence-electron chi connectivity index (χ1n) is 29.0. The number of carbonyl (C=O) groups is 6. The normalized spacial score (nSPS) is 13.9. The van der Waals surface area contributed by atoms with Crippen molar-refractivity contribution in [2.75, 3.05) is 41.6 Å². The fourth-order valence-corrected chi connectivity index (χ4v) is 13.8. The van der Waals surface area contributed by atoms with Crippen LogP contribution < -0.4 is 35.0 Å². The molecule has 28 heteroatoms. The number of fused-ring (bicyclic) bond motifs is 3. The summed E-state index contributed by atoms with van der Waals surface area (Å²) in [4.78, 5) is 74.6. The predicted molar refractivity (Wildman–Crippen MR) is 360 cm³/mol. The average Bonchev–Trinajstić information content (AvgIpc) is 1.12. The summed E-state index contributed by atoms with van der Waals surface area (Å²) in [7, 11) is -9.92. The van der Waals surface area contributed by atoms with Crippen LogP contribution in [0.15, 0.2) is 167 Å². The summed E-state index contributed by atoms with van der Waals surface area (Å²) < 4.78 is 105. The smallest absolute Gasteiger partial charge is 0.420 e. The summed E-state index contributed by atoms with van der Waals surface area (Å²) in [6.07, 6.45) is 6.51. The molecule has 0 bridgehead atoms. The van der Waals surface area contributed by atoms with E-state index in [0.29, 0.717) is 45.8 Å². The molecule has 8 aromatic rings. The van der Waals surface area contributed by atoms with Crippen molar-refractivity contribution in [2.24, 2.45) is 11.8 Å². The maximum absolute atomic E-state index is 13.9. The number of methoxy groups -OCH3 is 2. The Morgan fingerprint density at radius 2 is 1.14 bits per heavy atom. The van der Waals surface area contributed by atoms with Gasteiger partial charge in [0.25, 0.3) is 30.1 Å². The molecule has 2 atom stereocenters. The van der Waals surface area contributed by atoms with Crippen molar-refractivity contribution in [3.05, 3.63) is 174 Å². The highest BCUT2D eigenvalue weighted by Gasteiger charge is 2.33. The molecule has 6 N–H and O–H groups in total. The molecule has 23 nitrogen and oxygen atoms in total. The predicted octanol–water partition coefficient (Wildman–Crippen LogP) is 11.9. The molecule has 92 heavy (non-hydrogen) atoms. The van der Waals surface area contributed by atoms with Gasteiger partial charge in [-0.05, 0) is 172 Å². The van der Waals surface area contributed by atoms with E-state index >= 15 is 0 Å². The van der Waals surface area contributed by atoms with Gasteiger partial charge in [0, 0.05) is 77.5 Å². The van der Waals surface area contributed by atoms with Crippen LogP contribution in [-0.2, 0) is 71.7 Å². The molecule has 3 heterocycles. The molecular formula is C64H81ClFN9O14S3. The standard InChI is InChI=1S/C23H24FN3O4S.C22H26ClN3O5S.C19H19N3O5S.6H2/c1-15(27-14-13-19-20(24)7-4-8-21(19)27)22(28)25-17-9-11-18(12-10-17)32(30,31)26-23(29)16-5-2-3-6-16;1-14(2)20(26-12-4-5-15-13-16(23)6-11-19(15)26)21(27)24-17-7-9-18(10-8-17)32(29,30)25-22(28)31-3;1-13-11-22(17-6-4-3-5-16(13)17)12-18(23)20-14-7-9-15(10-8-14)28(25,26)21-19(24)27-2;;;;;;/h4,7-16H,2-3,5-6H2,1H3,(H,25,28)(H,26,29);6-11,13-14,20H,4-5,12H2,1-3H3,(H,24,27)(H,25,28);3-11H,12H2,1-2H3,(H,20,23)(H,21,24);6*1H/t15-;20-;;;;;;;/m11......./s1. The molecule has 0 radical (unpaired) electrons. The highest BCUT2D eigenvalue weighted by molar-refractivity contribution is 7.90. The number of halogens is 2. The van der Waals surface area contributed by atoms with Crippen molar-refractivity contribution in [2.45, 2.75) is 99.5 Å². The number of rotatable bonds is 17. The molecule has 0 saturated heterocycles. The number of hydrogen-bond acceptors (Lipinski definition) is 15. The summed E-state index contributed by atoms with van der Waals surface area (Å²) in [5.74, 6) is -1.83. The van der Waals surface area contributed by atoms with Gasteiger partial charge in [-0.15, -0.1) is 0 Å². The topological polar surface area (TPSA) is 309 Å². The van der Waals surface area contributed by atoms with Crippen molar-refractivity contribution >= 4 is 122 Å². The Hall–Kier alpha value is -9.31. The quantitative estimate of drug-likeness (QED) is 0.0494. The lowest BCUT2D eigenvalue weighted by Gasteiger charge is -2.39. The van der Waals surface area contributed by atoms with E-state index in [4.69, 9.17) is 11.6 Å². The number of carbonyl (C=O) groups excluding carboxylic acids is 6. The Balaban J connectivity index is 0.000000486. The molecule has 1 saturated carbocycles. The van der Waals surface area contributed by atoms with Crippen molar-refractivity contribution in [3.63, 3.8) is 0 Å². The molecule has 6 amide bonds. The Morgan fingerprint density at radius 3 is 1.70 bits per heavy atom. The van der Waals surface area contributed by atoms with E-state index in [0.717, 1.165) is 74.2 Å². The van der Waals surface area contributed by atoms with Gasteiger partial charge in [-0.3, -0.25) is 19.2 Å². The highest BCUT2D eigenvalue weighted by atomic mass is 35.5. The van der Waals surface area contributed by atoms with Crippen LogP contribution in [0.5, 0.6) is 0 Å². The Kier molecular flexibility index (Phi) is 22.2. The number of ether oxygens (including phenoxy) is 2. The number of anilines is 4. The first-order chi connectivity index (χ1) is 43.7. The molecule has 1 fully saturated rings. The van der Waals surface area contributed by atoms with Crippen molar-refractivity contribution in [1.82, 2.24) is 23.3 Å². The summed E-state index contributed by atoms with van der Waals surface area (Å²) in [6, 6.07) is 35.5. The molecule has 0 spiro atoms. The van der Waals surface area contributed by atoms with Crippen LogP contribution >= 0.6 is 11.6 Å². The maximum Gasteiger partial charge on any atom is 0.420 e. The fourth-order valence-electron chi connectivity index (χ4n) is 10.7. The lowest BCUT2D eigenvalue weighted by Crippen LogP contribution is -2.49. The highest BCUT2D eigenvalue weighted by Crippen LogP contribution is 2.34. The van der Waals surface area contributed by atoms with Gasteiger partial charge < -0.3 is 39.5 Å². The Labute approximate surface area is 546 Å².